The predicted octanol–water partition coefficient (Wildman–Crippen LogP) is 10.6. The number of hydrogen-bond acceptors (Lipinski definition) is 5. The molecule has 1 heterocycles. The molecule has 1 aliphatic heterocycles. The van der Waals surface area contributed by atoms with Gasteiger partial charge in [0.1, 0.15) is 0 Å². The lowest BCUT2D eigenvalue weighted by atomic mass is 10.4. The van der Waals surface area contributed by atoms with Gasteiger partial charge in [-0.25, -0.2) is 0 Å². The summed E-state index contributed by atoms with van der Waals surface area (Å²) < 4.78 is 39.6. The molecule has 5 saturated carbocycles. The maximum Gasteiger partial charge on any atom is 0.350 e. The topological polar surface area (TPSA) is 46.2 Å². The Morgan fingerprint density at radius 3 is 0.533 bits per heavy atom. The predicted molar refractivity (Wildman–Crippen MR) is 196 cm³/mol. The molecule has 0 unspecified atom stereocenters. The van der Waals surface area contributed by atoms with Gasteiger partial charge in [0.2, 0.25) is 0 Å². The molecule has 0 amide bonds. The van der Waals surface area contributed by atoms with Gasteiger partial charge in [0, 0.05) is 27.7 Å². The lowest BCUT2D eigenvalue weighted by Gasteiger charge is -2.55. The summed E-state index contributed by atoms with van der Waals surface area (Å²) in [6.07, 6.45) is 23.3. The summed E-state index contributed by atoms with van der Waals surface area (Å²) >= 11 is 0. The van der Waals surface area contributed by atoms with E-state index < -0.39 is 42.8 Å². The normalized spacial score (nSPS) is 41.8. The van der Waals surface area contributed by atoms with E-state index in [0.717, 1.165) is 64.2 Å². The third kappa shape index (κ3) is 6.28. The van der Waals surface area contributed by atoms with Crippen LogP contribution in [0.2, 0.25) is 27.7 Å². The van der Waals surface area contributed by atoms with E-state index in [1.807, 2.05) is 0 Å². The van der Waals surface area contributed by atoms with Gasteiger partial charge in [0.25, 0.3) is 0 Å². The van der Waals surface area contributed by atoms with Crippen molar-refractivity contribution in [3.63, 3.8) is 0 Å². The van der Waals surface area contributed by atoms with Crippen LogP contribution in [0, 0.1) is 0 Å². The summed E-state index contributed by atoms with van der Waals surface area (Å²) in [7, 11) is -15.6. The second-order valence-corrected chi connectivity index (χ2v) is 32.5. The quantitative estimate of drug-likeness (QED) is 0.212. The van der Waals surface area contributed by atoms with Crippen molar-refractivity contribution in [2.75, 3.05) is 0 Å². The van der Waals surface area contributed by atoms with E-state index in [-0.39, 0.29) is 0 Å². The van der Waals surface area contributed by atoms with Crippen molar-refractivity contribution in [3.8, 4) is 0 Å². The molecule has 45 heavy (non-hydrogen) atoms. The first-order valence-corrected chi connectivity index (χ1v) is 28.4. The second kappa shape index (κ2) is 14.2. The molecule has 0 aromatic rings. The Kier molecular flexibility index (Phi) is 10.9. The summed E-state index contributed by atoms with van der Waals surface area (Å²) in [6.45, 7) is 22.9. The molecule has 0 N–H and O–H groups in total. The van der Waals surface area contributed by atoms with Crippen LogP contribution in [0.15, 0.2) is 61.4 Å². The third-order valence-electron chi connectivity index (χ3n) is 12.6. The monoisotopic (exact) mass is 700 g/mol. The van der Waals surface area contributed by atoms with E-state index >= 15 is 0 Å². The van der Waals surface area contributed by atoms with E-state index in [2.05, 4.69) is 61.4 Å². The SMILES string of the molecule is C=C[Si]1(C2CCCC2)O[Si](C=C)(C2CCCC2)O[Si](C=C)(C2CCCC2)O[Si](C=C)(C2CCCC2)O[Si](C=C)(C2CCCC2)O1. The van der Waals surface area contributed by atoms with E-state index in [1.54, 1.807) is 0 Å². The second-order valence-electron chi connectivity index (χ2n) is 15.0. The summed E-state index contributed by atoms with van der Waals surface area (Å²) in [5.74, 6) is 0. The van der Waals surface area contributed by atoms with Crippen LogP contribution < -0.4 is 0 Å². The van der Waals surface area contributed by atoms with E-state index in [9.17, 15) is 0 Å². The minimum Gasteiger partial charge on any atom is -0.409 e. The van der Waals surface area contributed by atoms with Crippen molar-refractivity contribution in [2.45, 2.75) is 156 Å². The molecule has 6 aliphatic rings. The van der Waals surface area contributed by atoms with Crippen LogP contribution in [-0.2, 0) is 20.6 Å². The minimum absolute atomic E-state index is 0.335. The zero-order valence-corrected chi connectivity index (χ0v) is 33.0. The molecule has 5 nitrogen and oxygen atoms in total. The molecule has 6 rings (SSSR count). The van der Waals surface area contributed by atoms with Crippen LogP contribution in [0.25, 0.3) is 0 Å². The summed E-state index contributed by atoms with van der Waals surface area (Å²) in [4.78, 5) is 0. The number of hydrogen-bond donors (Lipinski definition) is 0. The summed E-state index contributed by atoms with van der Waals surface area (Å²) in [6, 6.07) is 0. The maximum atomic E-state index is 7.93. The van der Waals surface area contributed by atoms with Gasteiger partial charge < -0.3 is 20.6 Å². The Balaban J connectivity index is 1.62. The molecule has 1 saturated heterocycles. The standard InChI is InChI=1S/C35H60O5Si5/c1-6-41(31-21-11-12-22-31)36-42(7-2,32-23-13-14-24-32)38-44(9-4,34-27-17-18-28-34)40-45(10-5,35-29-19-20-30-35)39-43(8-3,37-41)33-25-15-16-26-33/h6-10,31-35H,1-5,11-30H2. The van der Waals surface area contributed by atoms with Crippen molar-refractivity contribution in [2.24, 2.45) is 0 Å². The molecule has 0 spiro atoms. The summed E-state index contributed by atoms with van der Waals surface area (Å²) in [5, 5.41) is 0. The minimum atomic E-state index is -3.12. The maximum absolute atomic E-state index is 7.93. The molecule has 10 heteroatoms. The first-order valence-electron chi connectivity index (χ1n) is 18.6. The van der Waals surface area contributed by atoms with Gasteiger partial charge in [-0.2, -0.15) is 0 Å². The molecule has 0 aromatic carbocycles. The smallest absolute Gasteiger partial charge is 0.350 e. The van der Waals surface area contributed by atoms with Crippen molar-refractivity contribution < 1.29 is 20.6 Å². The Morgan fingerprint density at radius 2 is 0.422 bits per heavy atom. The number of rotatable bonds is 10. The van der Waals surface area contributed by atoms with Crippen LogP contribution in [-0.4, -0.2) is 42.8 Å². The molecule has 5 aliphatic carbocycles. The van der Waals surface area contributed by atoms with Crippen LogP contribution in [0.1, 0.15) is 128 Å². The molecule has 0 bridgehead atoms. The first-order chi connectivity index (χ1) is 21.9. The van der Waals surface area contributed by atoms with Crippen LogP contribution in [0.5, 0.6) is 0 Å². The summed E-state index contributed by atoms with van der Waals surface area (Å²) in [5.41, 5.74) is 12.4. The molecule has 6 fully saturated rings. The lowest BCUT2D eigenvalue weighted by Crippen LogP contribution is -2.72. The van der Waals surface area contributed by atoms with Gasteiger partial charge in [-0.3, -0.25) is 0 Å². The fraction of sp³-hybridized carbons (Fsp3) is 0.714. The Morgan fingerprint density at radius 1 is 0.289 bits per heavy atom. The molecule has 0 aromatic heterocycles. The molecular weight excluding hydrogens is 641 g/mol. The largest absolute Gasteiger partial charge is 0.409 e. The molecule has 250 valence electrons. The van der Waals surface area contributed by atoms with Crippen LogP contribution >= 0.6 is 0 Å². The molecular formula is C35H60O5Si5. The van der Waals surface area contributed by atoms with Crippen molar-refractivity contribution in [1.29, 1.82) is 0 Å². The highest BCUT2D eigenvalue weighted by Gasteiger charge is 2.67. The highest BCUT2D eigenvalue weighted by atomic mass is 28.5. The van der Waals surface area contributed by atoms with Gasteiger partial charge in [-0.15, -0.1) is 32.9 Å². The third-order valence-corrected chi connectivity index (χ3v) is 36.8. The van der Waals surface area contributed by atoms with Gasteiger partial charge in [0.15, 0.2) is 0 Å². The van der Waals surface area contributed by atoms with Crippen molar-refractivity contribution in [3.05, 3.63) is 61.4 Å². The molecule has 0 atom stereocenters. The van der Waals surface area contributed by atoms with Crippen LogP contribution in [0.3, 0.4) is 0 Å². The Labute approximate surface area is 279 Å². The Bertz CT molecular complexity index is 877. The van der Waals surface area contributed by atoms with Gasteiger partial charge in [-0.05, 0) is 64.2 Å². The van der Waals surface area contributed by atoms with Gasteiger partial charge >= 0.3 is 42.8 Å². The average molecular weight is 701 g/mol. The highest BCUT2D eigenvalue weighted by Crippen LogP contribution is 2.56. The van der Waals surface area contributed by atoms with Gasteiger partial charge in [-0.1, -0.05) is 92.7 Å². The fourth-order valence-electron chi connectivity index (χ4n) is 10.1. The van der Waals surface area contributed by atoms with E-state index in [4.69, 9.17) is 20.6 Å². The first kappa shape index (κ1) is 34.4. The average Bonchev–Trinajstić information content (AvgIpc) is 3.92. The van der Waals surface area contributed by atoms with Crippen LogP contribution in [0.4, 0.5) is 0 Å². The van der Waals surface area contributed by atoms with Crippen molar-refractivity contribution >= 4 is 42.8 Å². The zero-order chi connectivity index (χ0) is 31.6. The van der Waals surface area contributed by atoms with E-state index in [0.29, 0.717) is 27.7 Å². The van der Waals surface area contributed by atoms with Gasteiger partial charge in [0.05, 0.1) is 0 Å². The molecule has 0 radical (unpaired) electrons. The van der Waals surface area contributed by atoms with Crippen molar-refractivity contribution in [1.82, 2.24) is 0 Å². The fourth-order valence-corrected chi connectivity index (χ4v) is 40.5. The highest BCUT2D eigenvalue weighted by molar-refractivity contribution is 7.01. The zero-order valence-electron chi connectivity index (χ0n) is 28.0. The Hall–Kier alpha value is -0.416. The van der Waals surface area contributed by atoms with E-state index in [1.165, 1.54) is 64.2 Å². The lowest BCUT2D eigenvalue weighted by molar-refractivity contribution is 0.210.